The third-order valence-electron chi connectivity index (χ3n) is 1.86. The van der Waals surface area contributed by atoms with Crippen molar-refractivity contribution in [2.45, 2.75) is 19.6 Å². The van der Waals surface area contributed by atoms with Gasteiger partial charge < -0.3 is 10.3 Å². The van der Waals surface area contributed by atoms with Crippen LogP contribution in [0.3, 0.4) is 0 Å². The van der Waals surface area contributed by atoms with E-state index in [1.165, 1.54) is 0 Å². The Balaban J connectivity index is 3.28. The van der Waals surface area contributed by atoms with Crippen LogP contribution in [0.4, 0.5) is 18.9 Å². The molecule has 0 amide bonds. The molecule has 0 unspecified atom stereocenters. The number of aromatic nitrogens is 1. The first kappa shape index (κ1) is 12.1. The van der Waals surface area contributed by atoms with Crippen molar-refractivity contribution in [1.82, 2.24) is 4.57 Å². The van der Waals surface area contributed by atoms with Crippen molar-refractivity contribution in [1.29, 1.82) is 0 Å². The summed E-state index contributed by atoms with van der Waals surface area (Å²) >= 11 is 2.91. The van der Waals surface area contributed by atoms with Crippen LogP contribution in [0.1, 0.15) is 5.56 Å². The van der Waals surface area contributed by atoms with Crippen molar-refractivity contribution in [3.63, 3.8) is 0 Å². The molecule has 7 heteroatoms. The molecule has 0 aromatic carbocycles. The van der Waals surface area contributed by atoms with E-state index in [2.05, 4.69) is 15.9 Å². The van der Waals surface area contributed by atoms with Gasteiger partial charge >= 0.3 is 6.18 Å². The molecule has 3 nitrogen and oxygen atoms in total. The minimum atomic E-state index is -4.44. The van der Waals surface area contributed by atoms with Crippen LogP contribution >= 0.6 is 15.9 Å². The van der Waals surface area contributed by atoms with Gasteiger partial charge in [0.2, 0.25) is 0 Å². The first-order chi connectivity index (χ1) is 6.72. The van der Waals surface area contributed by atoms with Gasteiger partial charge in [-0.25, -0.2) is 0 Å². The highest BCUT2D eigenvalue weighted by Crippen LogP contribution is 2.20. The predicted molar refractivity (Wildman–Crippen MR) is 53.6 cm³/mol. The second kappa shape index (κ2) is 3.88. The zero-order chi connectivity index (χ0) is 11.8. The van der Waals surface area contributed by atoms with Crippen LogP contribution in [0, 0.1) is 6.92 Å². The second-order valence-electron chi connectivity index (χ2n) is 3.07. The average molecular weight is 285 g/mol. The van der Waals surface area contributed by atoms with Gasteiger partial charge in [0.1, 0.15) is 6.54 Å². The van der Waals surface area contributed by atoms with Crippen molar-refractivity contribution >= 4 is 21.6 Å². The van der Waals surface area contributed by atoms with Crippen molar-refractivity contribution in [2.24, 2.45) is 0 Å². The topological polar surface area (TPSA) is 48.0 Å². The summed E-state index contributed by atoms with van der Waals surface area (Å²) in [5.74, 6) is 0. The number of rotatable bonds is 1. The Bertz CT molecular complexity index is 439. The lowest BCUT2D eigenvalue weighted by molar-refractivity contribution is -0.141. The summed E-state index contributed by atoms with van der Waals surface area (Å²) in [6.45, 7) is 0.216. The van der Waals surface area contributed by atoms with Crippen molar-refractivity contribution in [3.05, 3.63) is 26.6 Å². The maximum atomic E-state index is 12.1. The third-order valence-corrected chi connectivity index (χ3v) is 2.79. The van der Waals surface area contributed by atoms with Crippen molar-refractivity contribution in [2.75, 3.05) is 5.73 Å². The fourth-order valence-corrected chi connectivity index (χ4v) is 1.50. The molecule has 0 fully saturated rings. The van der Waals surface area contributed by atoms with Gasteiger partial charge in [-0.3, -0.25) is 4.79 Å². The van der Waals surface area contributed by atoms with Crippen molar-refractivity contribution in [3.8, 4) is 0 Å². The molecule has 15 heavy (non-hydrogen) atoms. The highest BCUT2D eigenvalue weighted by Gasteiger charge is 2.29. The Hall–Kier alpha value is -0.980. The quantitative estimate of drug-likeness (QED) is 0.858. The molecule has 0 aliphatic heterocycles. The summed E-state index contributed by atoms with van der Waals surface area (Å²) in [5.41, 5.74) is 5.30. The van der Waals surface area contributed by atoms with Gasteiger partial charge in [0, 0.05) is 6.20 Å². The molecule has 0 spiro atoms. The van der Waals surface area contributed by atoms with Gasteiger partial charge in [-0.2, -0.15) is 13.2 Å². The molecule has 1 aromatic rings. The molecule has 0 aliphatic rings. The molecule has 0 atom stereocenters. The first-order valence-electron chi connectivity index (χ1n) is 3.94. The number of alkyl halides is 3. The summed E-state index contributed by atoms with van der Waals surface area (Å²) in [6.07, 6.45) is -3.44. The van der Waals surface area contributed by atoms with Crippen LogP contribution < -0.4 is 11.3 Å². The molecule has 2 N–H and O–H groups in total. The fraction of sp³-hybridized carbons (Fsp3) is 0.375. The molecule has 1 rings (SSSR count). The lowest BCUT2D eigenvalue weighted by Crippen LogP contribution is -2.29. The number of halogens is 4. The van der Waals surface area contributed by atoms with E-state index in [-0.39, 0.29) is 10.2 Å². The third kappa shape index (κ3) is 2.74. The van der Waals surface area contributed by atoms with E-state index in [0.29, 0.717) is 10.1 Å². The molecule has 0 radical (unpaired) electrons. The van der Waals surface area contributed by atoms with E-state index in [1.807, 2.05) is 0 Å². The van der Waals surface area contributed by atoms with Gasteiger partial charge in [0.05, 0.1) is 10.2 Å². The highest BCUT2D eigenvalue weighted by atomic mass is 79.9. The van der Waals surface area contributed by atoms with E-state index in [9.17, 15) is 18.0 Å². The Morgan fingerprint density at radius 3 is 2.53 bits per heavy atom. The van der Waals surface area contributed by atoms with Crippen LogP contribution in [-0.2, 0) is 6.54 Å². The van der Waals surface area contributed by atoms with Gasteiger partial charge in [-0.05, 0) is 28.4 Å². The summed E-state index contributed by atoms with van der Waals surface area (Å²) in [7, 11) is 0. The molecule has 1 heterocycles. The van der Waals surface area contributed by atoms with Crippen molar-refractivity contribution < 1.29 is 13.2 Å². The SMILES string of the molecule is Cc1c(N)cn(CC(F)(F)F)c(=O)c1Br. The number of pyridine rings is 1. The standard InChI is InChI=1S/C8H8BrF3N2O/c1-4-5(13)2-14(3-8(10,11)12)7(15)6(4)9/h2H,3,13H2,1H3. The minimum absolute atomic E-state index is 0.0618. The molecule has 0 aliphatic carbocycles. The molecule has 0 saturated carbocycles. The van der Waals surface area contributed by atoms with Crippen LogP contribution in [0.15, 0.2) is 15.5 Å². The van der Waals surface area contributed by atoms with Gasteiger partial charge in [-0.1, -0.05) is 0 Å². The number of hydrogen-bond donors (Lipinski definition) is 1. The smallest absolute Gasteiger partial charge is 0.397 e. The van der Waals surface area contributed by atoms with Crippen LogP contribution in [0.25, 0.3) is 0 Å². The molecule has 0 bridgehead atoms. The normalized spacial score (nSPS) is 11.8. The number of nitrogen functional groups attached to an aromatic ring is 1. The fourth-order valence-electron chi connectivity index (χ4n) is 1.05. The summed E-state index contributed by atoms with van der Waals surface area (Å²) < 4.78 is 36.8. The Kier molecular flexibility index (Phi) is 3.13. The Morgan fingerprint density at radius 1 is 1.53 bits per heavy atom. The Morgan fingerprint density at radius 2 is 2.07 bits per heavy atom. The minimum Gasteiger partial charge on any atom is -0.397 e. The lowest BCUT2D eigenvalue weighted by Gasteiger charge is -2.12. The van der Waals surface area contributed by atoms with Crippen LogP contribution in [0.5, 0.6) is 0 Å². The molecule has 0 saturated heterocycles. The maximum Gasteiger partial charge on any atom is 0.406 e. The zero-order valence-electron chi connectivity index (χ0n) is 7.73. The summed E-state index contributed by atoms with van der Waals surface area (Å²) in [4.78, 5) is 11.4. The monoisotopic (exact) mass is 284 g/mol. The van der Waals surface area contributed by atoms with Crippen LogP contribution in [-0.4, -0.2) is 10.7 Å². The average Bonchev–Trinajstić information content (AvgIpc) is 2.08. The van der Waals surface area contributed by atoms with E-state index in [0.717, 1.165) is 6.20 Å². The molecular weight excluding hydrogens is 277 g/mol. The maximum absolute atomic E-state index is 12.1. The molecular formula is C8H8BrF3N2O. The Labute approximate surface area is 91.8 Å². The van der Waals surface area contributed by atoms with Gasteiger partial charge in [0.25, 0.3) is 5.56 Å². The largest absolute Gasteiger partial charge is 0.406 e. The van der Waals surface area contributed by atoms with E-state index < -0.39 is 18.3 Å². The van der Waals surface area contributed by atoms with E-state index in [4.69, 9.17) is 5.73 Å². The van der Waals surface area contributed by atoms with E-state index in [1.54, 1.807) is 6.92 Å². The predicted octanol–water partition coefficient (Wildman–Crippen LogP) is 2.06. The number of hydrogen-bond acceptors (Lipinski definition) is 2. The number of nitrogens with zero attached hydrogens (tertiary/aromatic N) is 1. The summed E-state index contributed by atoms with van der Waals surface area (Å²) in [5, 5.41) is 0. The van der Waals surface area contributed by atoms with Gasteiger partial charge in [-0.15, -0.1) is 0 Å². The van der Waals surface area contributed by atoms with Crippen LogP contribution in [0.2, 0.25) is 0 Å². The second-order valence-corrected chi connectivity index (χ2v) is 3.86. The molecule has 84 valence electrons. The van der Waals surface area contributed by atoms with Gasteiger partial charge in [0.15, 0.2) is 0 Å². The zero-order valence-corrected chi connectivity index (χ0v) is 9.32. The highest BCUT2D eigenvalue weighted by molar-refractivity contribution is 9.10. The summed E-state index contributed by atoms with van der Waals surface area (Å²) in [6, 6.07) is 0. The molecule has 1 aromatic heterocycles. The number of nitrogens with two attached hydrogens (primary N) is 1. The van der Waals surface area contributed by atoms with E-state index >= 15 is 0 Å². The lowest BCUT2D eigenvalue weighted by atomic mass is 10.2. The number of anilines is 1. The first-order valence-corrected chi connectivity index (χ1v) is 4.73.